The van der Waals surface area contributed by atoms with Crippen molar-refractivity contribution < 1.29 is 13.2 Å². The van der Waals surface area contributed by atoms with Crippen LogP contribution in [0.3, 0.4) is 0 Å². The molecule has 1 N–H and O–H groups in total. The first-order valence-electron chi connectivity index (χ1n) is 6.18. The number of hydrogen-bond acceptors (Lipinski definition) is 3. The fourth-order valence-electron chi connectivity index (χ4n) is 2.11. The van der Waals surface area contributed by atoms with E-state index in [2.05, 4.69) is 12.2 Å². The molecule has 1 aromatic rings. The molecule has 0 bridgehead atoms. The van der Waals surface area contributed by atoms with Crippen molar-refractivity contribution in [1.82, 2.24) is 0 Å². The second-order valence-electron chi connectivity index (χ2n) is 4.51. The maximum absolute atomic E-state index is 12.5. The quantitative estimate of drug-likeness (QED) is 0.790. The number of rotatable bonds is 3. The zero-order chi connectivity index (χ0) is 13.9. The predicted molar refractivity (Wildman–Crippen MR) is 76.9 cm³/mol. The van der Waals surface area contributed by atoms with Gasteiger partial charge < -0.3 is 5.32 Å². The van der Waals surface area contributed by atoms with E-state index in [1.807, 2.05) is 11.8 Å². The van der Waals surface area contributed by atoms with Crippen LogP contribution in [0, 0.1) is 0 Å². The van der Waals surface area contributed by atoms with Crippen molar-refractivity contribution in [1.29, 1.82) is 0 Å². The maximum atomic E-state index is 12.5. The second kappa shape index (κ2) is 6.31. The second-order valence-corrected chi connectivity index (χ2v) is 7.10. The van der Waals surface area contributed by atoms with E-state index in [0.29, 0.717) is 10.9 Å². The maximum Gasteiger partial charge on any atom is 0.446 e. The molecule has 2 unspecified atom stereocenters. The summed E-state index contributed by atoms with van der Waals surface area (Å²) in [5, 5.41) is 3.71. The lowest BCUT2D eigenvalue weighted by Gasteiger charge is -2.30. The molecule has 2 atom stereocenters. The van der Waals surface area contributed by atoms with Crippen molar-refractivity contribution in [2.75, 3.05) is 11.1 Å². The summed E-state index contributed by atoms with van der Waals surface area (Å²) in [6.07, 6.45) is 2.13. The summed E-state index contributed by atoms with van der Waals surface area (Å²) >= 11 is 1.82. The van der Waals surface area contributed by atoms with Gasteiger partial charge in [0.25, 0.3) is 0 Å². The molecule has 106 valence electrons. The van der Waals surface area contributed by atoms with Gasteiger partial charge in [-0.1, -0.05) is 19.1 Å². The summed E-state index contributed by atoms with van der Waals surface area (Å²) in [5.41, 5.74) is -3.66. The average molecular weight is 307 g/mol. The van der Waals surface area contributed by atoms with Gasteiger partial charge >= 0.3 is 5.51 Å². The van der Waals surface area contributed by atoms with Crippen LogP contribution in [0.15, 0.2) is 29.2 Å². The number of alkyl halides is 3. The molecule has 1 fully saturated rings. The van der Waals surface area contributed by atoms with Crippen molar-refractivity contribution >= 4 is 29.2 Å². The molecule has 0 saturated carbocycles. The molecule has 0 aromatic heterocycles. The van der Waals surface area contributed by atoms with E-state index in [4.69, 9.17) is 0 Å². The zero-order valence-electron chi connectivity index (χ0n) is 10.5. The van der Waals surface area contributed by atoms with Crippen molar-refractivity contribution in [3.8, 4) is 0 Å². The Balaban J connectivity index is 2.11. The molecule has 0 amide bonds. The van der Waals surface area contributed by atoms with Gasteiger partial charge in [0.05, 0.1) is 0 Å². The molecule has 2 rings (SSSR count). The molecule has 0 aliphatic carbocycles. The van der Waals surface area contributed by atoms with E-state index in [0.717, 1.165) is 18.6 Å². The summed E-state index contributed by atoms with van der Waals surface area (Å²) < 4.78 is 37.5. The Morgan fingerprint density at radius 3 is 2.74 bits per heavy atom. The van der Waals surface area contributed by atoms with Gasteiger partial charge in [-0.2, -0.15) is 24.9 Å². The normalized spacial score (nSPS) is 24.2. The van der Waals surface area contributed by atoms with Crippen molar-refractivity contribution in [2.24, 2.45) is 0 Å². The highest BCUT2D eigenvalue weighted by molar-refractivity contribution is 8.00. The van der Waals surface area contributed by atoms with E-state index in [1.54, 1.807) is 18.2 Å². The molecule has 19 heavy (non-hydrogen) atoms. The largest absolute Gasteiger partial charge is 0.446 e. The van der Waals surface area contributed by atoms with E-state index in [1.165, 1.54) is 6.07 Å². The summed E-state index contributed by atoms with van der Waals surface area (Å²) in [5.74, 6) is 1.14. The van der Waals surface area contributed by atoms with Crippen LogP contribution in [0.5, 0.6) is 0 Å². The molecule has 1 saturated heterocycles. The highest BCUT2D eigenvalue weighted by Gasteiger charge is 2.31. The first-order valence-corrected chi connectivity index (χ1v) is 8.05. The Hall–Kier alpha value is -0.490. The summed E-state index contributed by atoms with van der Waals surface area (Å²) in [6, 6.07) is 6.89. The smallest absolute Gasteiger partial charge is 0.380 e. The Bertz CT molecular complexity index is 423. The minimum atomic E-state index is -4.25. The van der Waals surface area contributed by atoms with Gasteiger partial charge in [-0.25, -0.2) is 0 Å². The van der Waals surface area contributed by atoms with Gasteiger partial charge in [-0.15, -0.1) is 0 Å². The number of nitrogens with one attached hydrogen (secondary N) is 1. The van der Waals surface area contributed by atoms with Gasteiger partial charge in [0.1, 0.15) is 0 Å². The van der Waals surface area contributed by atoms with Gasteiger partial charge in [-0.3, -0.25) is 0 Å². The monoisotopic (exact) mass is 307 g/mol. The molecule has 1 nitrogen and oxygen atoms in total. The molecule has 1 aliphatic heterocycles. The van der Waals surface area contributed by atoms with Crippen LogP contribution in [-0.4, -0.2) is 22.6 Å². The Morgan fingerprint density at radius 1 is 1.32 bits per heavy atom. The zero-order valence-corrected chi connectivity index (χ0v) is 12.2. The van der Waals surface area contributed by atoms with Gasteiger partial charge in [0.2, 0.25) is 0 Å². The van der Waals surface area contributed by atoms with Crippen LogP contribution in [0.1, 0.15) is 19.8 Å². The lowest BCUT2D eigenvalue weighted by molar-refractivity contribution is -0.0327. The number of hydrogen-bond donors (Lipinski definition) is 1. The lowest BCUT2D eigenvalue weighted by atomic mass is 10.1. The summed E-state index contributed by atoms with van der Waals surface area (Å²) in [4.78, 5) is 0.248. The highest BCUT2D eigenvalue weighted by Crippen LogP contribution is 2.41. The van der Waals surface area contributed by atoms with E-state index >= 15 is 0 Å². The number of halogens is 3. The van der Waals surface area contributed by atoms with Crippen LogP contribution < -0.4 is 5.32 Å². The first-order chi connectivity index (χ1) is 8.96. The minimum absolute atomic E-state index is 0.0521. The molecular formula is C13H16F3NS2. The first kappa shape index (κ1) is 14.9. The standard InChI is InChI=1S/C13H16F3NS2/c1-9-10(6-4-8-18-9)17-11-5-2-3-7-12(11)19-13(14,15)16/h2-3,5,7,9-10,17H,4,6,8H2,1H3. The topological polar surface area (TPSA) is 12.0 Å². The van der Waals surface area contributed by atoms with Gasteiger partial charge in [-0.05, 0) is 42.5 Å². The predicted octanol–water partition coefficient (Wildman–Crippen LogP) is 4.99. The van der Waals surface area contributed by atoms with E-state index in [-0.39, 0.29) is 22.7 Å². The van der Waals surface area contributed by atoms with Crippen LogP contribution in [0.2, 0.25) is 0 Å². The third-order valence-electron chi connectivity index (χ3n) is 3.06. The SMILES string of the molecule is CC1SCCCC1Nc1ccccc1SC(F)(F)F. The van der Waals surface area contributed by atoms with Crippen LogP contribution >= 0.6 is 23.5 Å². The Labute approximate surface area is 119 Å². The number of para-hydroxylation sites is 1. The number of thioether (sulfide) groups is 2. The Morgan fingerprint density at radius 2 is 2.05 bits per heavy atom. The highest BCUT2D eigenvalue weighted by atomic mass is 32.2. The summed E-state index contributed by atoms with van der Waals surface area (Å²) in [6.45, 7) is 2.13. The molecule has 1 aromatic carbocycles. The third kappa shape index (κ3) is 4.53. The number of benzene rings is 1. The molecule has 6 heteroatoms. The lowest BCUT2D eigenvalue weighted by Crippen LogP contribution is -2.32. The van der Waals surface area contributed by atoms with Crippen LogP contribution in [-0.2, 0) is 0 Å². The molecular weight excluding hydrogens is 291 g/mol. The summed E-state index contributed by atoms with van der Waals surface area (Å²) in [7, 11) is 0. The molecule has 0 spiro atoms. The van der Waals surface area contributed by atoms with E-state index in [9.17, 15) is 13.2 Å². The fourth-order valence-corrected chi connectivity index (χ4v) is 3.89. The average Bonchev–Trinajstić information content (AvgIpc) is 2.33. The van der Waals surface area contributed by atoms with E-state index < -0.39 is 5.51 Å². The van der Waals surface area contributed by atoms with Crippen molar-refractivity contribution in [3.05, 3.63) is 24.3 Å². The van der Waals surface area contributed by atoms with Gasteiger partial charge in [0, 0.05) is 21.9 Å². The van der Waals surface area contributed by atoms with Gasteiger partial charge in [0.15, 0.2) is 0 Å². The van der Waals surface area contributed by atoms with Crippen molar-refractivity contribution in [2.45, 2.75) is 41.5 Å². The molecule has 1 aliphatic rings. The Kier molecular flexibility index (Phi) is 4.95. The van der Waals surface area contributed by atoms with Crippen LogP contribution in [0.4, 0.5) is 18.9 Å². The third-order valence-corrected chi connectivity index (χ3v) is 5.25. The fraction of sp³-hybridized carbons (Fsp3) is 0.538. The van der Waals surface area contributed by atoms with Crippen LogP contribution in [0.25, 0.3) is 0 Å². The minimum Gasteiger partial charge on any atom is -0.380 e. The molecule has 0 radical (unpaired) electrons. The van der Waals surface area contributed by atoms with Crippen molar-refractivity contribution in [3.63, 3.8) is 0 Å². The number of anilines is 1. The molecule has 1 heterocycles.